The second-order valence-electron chi connectivity index (χ2n) is 5.75. The van der Waals surface area contributed by atoms with Crippen molar-refractivity contribution < 1.29 is 23.9 Å². The highest BCUT2D eigenvalue weighted by Gasteiger charge is 2.38. The van der Waals surface area contributed by atoms with Crippen molar-refractivity contribution in [2.75, 3.05) is 13.7 Å². The number of rotatable bonds is 6. The highest BCUT2D eigenvalue weighted by atomic mass is 16.5. The lowest BCUT2D eigenvalue weighted by Crippen LogP contribution is -2.36. The van der Waals surface area contributed by atoms with Gasteiger partial charge >= 0.3 is 12.0 Å². The predicted octanol–water partition coefficient (Wildman–Crippen LogP) is 1.32. The third-order valence-electron chi connectivity index (χ3n) is 4.09. The maximum Gasteiger partial charge on any atom is 0.339 e. The molecule has 0 aliphatic carbocycles. The Labute approximate surface area is 139 Å². The van der Waals surface area contributed by atoms with E-state index in [0.717, 1.165) is 11.3 Å². The number of urea groups is 1. The zero-order valence-electron chi connectivity index (χ0n) is 14.2. The van der Waals surface area contributed by atoms with Crippen molar-refractivity contribution >= 4 is 23.7 Å². The lowest BCUT2D eigenvalue weighted by atomic mass is 10.1. The predicted molar refractivity (Wildman–Crippen MR) is 84.9 cm³/mol. The summed E-state index contributed by atoms with van der Waals surface area (Å²) in [6.07, 6.45) is 1.28. The number of methoxy groups -OCH3 is 1. The molecule has 0 unspecified atom stereocenters. The SMILES string of the molecule is CCC[C@H]1NC(=O)N(CC(=O)c2[nH]c(C)c(C(=O)OC)c2C)C1=O. The first kappa shape index (κ1) is 17.7. The summed E-state index contributed by atoms with van der Waals surface area (Å²) >= 11 is 0. The molecule has 1 saturated heterocycles. The highest BCUT2D eigenvalue weighted by Crippen LogP contribution is 2.20. The number of nitrogens with zero attached hydrogens (tertiary/aromatic N) is 1. The molecule has 24 heavy (non-hydrogen) atoms. The molecule has 0 saturated carbocycles. The summed E-state index contributed by atoms with van der Waals surface area (Å²) in [6, 6.07) is -1.15. The molecule has 0 aromatic carbocycles. The summed E-state index contributed by atoms with van der Waals surface area (Å²) in [6.45, 7) is 4.81. The summed E-state index contributed by atoms with van der Waals surface area (Å²) in [4.78, 5) is 52.1. The maximum absolute atomic E-state index is 12.5. The van der Waals surface area contributed by atoms with Gasteiger partial charge in [0.05, 0.1) is 24.9 Å². The number of hydrogen-bond donors (Lipinski definition) is 2. The quantitative estimate of drug-likeness (QED) is 0.463. The smallest absolute Gasteiger partial charge is 0.339 e. The number of Topliss-reactive ketones (excluding diaryl/α,β-unsaturated/α-hetero) is 1. The molecule has 3 amide bonds. The van der Waals surface area contributed by atoms with Gasteiger partial charge in [-0.05, 0) is 25.8 Å². The first-order chi connectivity index (χ1) is 11.3. The van der Waals surface area contributed by atoms with Gasteiger partial charge in [0, 0.05) is 5.69 Å². The molecule has 1 aromatic rings. The molecule has 130 valence electrons. The summed E-state index contributed by atoms with van der Waals surface area (Å²) in [5.41, 5.74) is 1.44. The zero-order valence-corrected chi connectivity index (χ0v) is 14.2. The van der Waals surface area contributed by atoms with Crippen molar-refractivity contribution in [3.05, 3.63) is 22.5 Å². The van der Waals surface area contributed by atoms with E-state index in [4.69, 9.17) is 4.74 Å². The van der Waals surface area contributed by atoms with Crippen LogP contribution in [-0.4, -0.2) is 53.3 Å². The molecule has 1 fully saturated rings. The number of ether oxygens (including phenoxy) is 1. The highest BCUT2D eigenvalue weighted by molar-refractivity contribution is 6.10. The topological polar surface area (TPSA) is 109 Å². The number of aromatic amines is 1. The van der Waals surface area contributed by atoms with Gasteiger partial charge in [0.25, 0.3) is 5.91 Å². The number of carbonyl (C=O) groups is 4. The van der Waals surface area contributed by atoms with Crippen LogP contribution in [-0.2, 0) is 9.53 Å². The van der Waals surface area contributed by atoms with Gasteiger partial charge in [-0.15, -0.1) is 0 Å². The van der Waals surface area contributed by atoms with E-state index < -0.39 is 29.7 Å². The van der Waals surface area contributed by atoms with E-state index in [-0.39, 0.29) is 12.2 Å². The Balaban J connectivity index is 2.21. The van der Waals surface area contributed by atoms with Crippen LogP contribution < -0.4 is 5.32 Å². The number of hydrogen-bond acceptors (Lipinski definition) is 5. The summed E-state index contributed by atoms with van der Waals surface area (Å²) in [5.74, 6) is -1.38. The van der Waals surface area contributed by atoms with Gasteiger partial charge in [-0.2, -0.15) is 0 Å². The molecule has 0 spiro atoms. The van der Waals surface area contributed by atoms with Crippen LogP contribution in [0.5, 0.6) is 0 Å². The average molecular weight is 335 g/mol. The Morgan fingerprint density at radius 3 is 2.50 bits per heavy atom. The Hall–Kier alpha value is -2.64. The zero-order chi connectivity index (χ0) is 18.0. The van der Waals surface area contributed by atoms with Crippen molar-refractivity contribution in [3.8, 4) is 0 Å². The third kappa shape index (κ3) is 3.04. The van der Waals surface area contributed by atoms with Crippen LogP contribution in [0.3, 0.4) is 0 Å². The number of aryl methyl sites for hydroxylation is 1. The van der Waals surface area contributed by atoms with E-state index in [1.165, 1.54) is 7.11 Å². The second kappa shape index (κ2) is 6.86. The van der Waals surface area contributed by atoms with Gasteiger partial charge in [-0.25, -0.2) is 9.59 Å². The molecule has 8 nitrogen and oxygen atoms in total. The molecule has 1 aliphatic heterocycles. The second-order valence-corrected chi connectivity index (χ2v) is 5.75. The van der Waals surface area contributed by atoms with Crippen molar-refractivity contribution in [1.82, 2.24) is 15.2 Å². The Morgan fingerprint density at radius 2 is 1.92 bits per heavy atom. The first-order valence-corrected chi connectivity index (χ1v) is 7.74. The van der Waals surface area contributed by atoms with Gasteiger partial charge in [0.1, 0.15) is 6.04 Å². The Bertz CT molecular complexity index is 707. The minimum Gasteiger partial charge on any atom is -0.465 e. The first-order valence-electron chi connectivity index (χ1n) is 7.74. The fourth-order valence-electron chi connectivity index (χ4n) is 2.87. The van der Waals surface area contributed by atoms with E-state index >= 15 is 0 Å². The molecule has 0 radical (unpaired) electrons. The van der Waals surface area contributed by atoms with Gasteiger partial charge in [-0.3, -0.25) is 14.5 Å². The van der Waals surface area contributed by atoms with Gasteiger partial charge in [0.2, 0.25) is 0 Å². The number of imide groups is 1. The summed E-state index contributed by atoms with van der Waals surface area (Å²) in [5, 5.41) is 2.57. The number of aromatic nitrogens is 1. The van der Waals surface area contributed by atoms with Crippen molar-refractivity contribution in [2.45, 2.75) is 39.7 Å². The van der Waals surface area contributed by atoms with E-state index in [1.54, 1.807) is 13.8 Å². The van der Waals surface area contributed by atoms with Crippen LogP contribution in [0.4, 0.5) is 4.79 Å². The lowest BCUT2D eigenvalue weighted by Gasteiger charge is -2.12. The molecule has 1 aromatic heterocycles. The number of amides is 3. The van der Waals surface area contributed by atoms with E-state index in [9.17, 15) is 19.2 Å². The number of nitrogens with one attached hydrogen (secondary N) is 2. The fourth-order valence-corrected chi connectivity index (χ4v) is 2.87. The summed E-state index contributed by atoms with van der Waals surface area (Å²) < 4.78 is 4.70. The number of carbonyl (C=O) groups excluding carboxylic acids is 4. The monoisotopic (exact) mass is 335 g/mol. The van der Waals surface area contributed by atoms with Gasteiger partial charge in [-0.1, -0.05) is 13.3 Å². The summed E-state index contributed by atoms with van der Waals surface area (Å²) in [7, 11) is 1.26. The van der Waals surface area contributed by atoms with Gasteiger partial charge in [0.15, 0.2) is 5.78 Å². The van der Waals surface area contributed by atoms with Crippen molar-refractivity contribution in [1.29, 1.82) is 0 Å². The molecular weight excluding hydrogens is 314 g/mol. The number of H-pyrrole nitrogens is 1. The molecule has 8 heteroatoms. The van der Waals surface area contributed by atoms with Crippen molar-refractivity contribution in [3.63, 3.8) is 0 Å². The molecule has 2 rings (SSSR count). The van der Waals surface area contributed by atoms with E-state index in [1.807, 2.05) is 6.92 Å². The Kier molecular flexibility index (Phi) is 5.06. The minimum atomic E-state index is -0.576. The van der Waals surface area contributed by atoms with Crippen LogP contribution >= 0.6 is 0 Å². The van der Waals surface area contributed by atoms with E-state index in [0.29, 0.717) is 23.2 Å². The third-order valence-corrected chi connectivity index (χ3v) is 4.09. The number of ketones is 1. The molecule has 0 bridgehead atoms. The molecule has 2 N–H and O–H groups in total. The average Bonchev–Trinajstić information content (AvgIpc) is 2.98. The standard InChI is InChI=1S/C16H21N3O5/c1-5-6-10-14(21)19(16(23)18-10)7-11(20)13-8(2)12(9(3)17-13)15(22)24-4/h10,17H,5-7H2,1-4H3,(H,18,23)/t10-/m1/s1. The fraction of sp³-hybridized carbons (Fsp3) is 0.500. The van der Waals surface area contributed by atoms with E-state index in [2.05, 4.69) is 10.3 Å². The molecule has 2 heterocycles. The van der Waals surface area contributed by atoms with Crippen LogP contribution in [0.1, 0.15) is 51.9 Å². The normalized spacial score (nSPS) is 17.2. The van der Waals surface area contributed by atoms with Crippen LogP contribution in [0, 0.1) is 13.8 Å². The lowest BCUT2D eigenvalue weighted by molar-refractivity contribution is -0.127. The molecule has 1 aliphatic rings. The van der Waals surface area contributed by atoms with Crippen LogP contribution in [0.15, 0.2) is 0 Å². The van der Waals surface area contributed by atoms with Crippen LogP contribution in [0.2, 0.25) is 0 Å². The molecular formula is C16H21N3O5. The largest absolute Gasteiger partial charge is 0.465 e. The number of esters is 1. The maximum atomic E-state index is 12.5. The van der Waals surface area contributed by atoms with Crippen LogP contribution in [0.25, 0.3) is 0 Å². The Morgan fingerprint density at radius 1 is 1.25 bits per heavy atom. The van der Waals surface area contributed by atoms with Crippen molar-refractivity contribution in [2.24, 2.45) is 0 Å². The molecule has 1 atom stereocenters. The minimum absolute atomic E-state index is 0.201. The van der Waals surface area contributed by atoms with Gasteiger partial charge < -0.3 is 15.0 Å².